The second-order valence-corrected chi connectivity index (χ2v) is 6.45. The molecule has 4 N–H and O–H groups in total. The van der Waals surface area contributed by atoms with E-state index in [1.54, 1.807) is 0 Å². The number of sulfonamides is 1. The summed E-state index contributed by atoms with van der Waals surface area (Å²) in [7, 11) is -3.56. The Morgan fingerprint density at radius 1 is 1.20 bits per heavy atom. The van der Waals surface area contributed by atoms with Crippen molar-refractivity contribution >= 4 is 16.0 Å². The Morgan fingerprint density at radius 3 is 2.45 bits per heavy atom. The van der Waals surface area contributed by atoms with Crippen LogP contribution >= 0.6 is 0 Å². The molecule has 2 heterocycles. The molecule has 0 aliphatic carbocycles. The smallest absolute Gasteiger partial charge is 0.243 e. The van der Waals surface area contributed by atoms with Crippen molar-refractivity contribution in [1.29, 1.82) is 0 Å². The van der Waals surface area contributed by atoms with Crippen LogP contribution in [0.15, 0.2) is 17.3 Å². The van der Waals surface area contributed by atoms with E-state index in [2.05, 4.69) is 25.0 Å². The van der Waals surface area contributed by atoms with Gasteiger partial charge in [0.25, 0.3) is 0 Å². The lowest BCUT2D eigenvalue weighted by molar-refractivity contribution is 0.233. The Bertz CT molecular complexity index is 512. The van der Waals surface area contributed by atoms with Crippen LogP contribution in [0.1, 0.15) is 19.3 Å². The summed E-state index contributed by atoms with van der Waals surface area (Å²) in [5.41, 5.74) is 2.25. The summed E-state index contributed by atoms with van der Waals surface area (Å²) < 4.78 is 26.6. The molecule has 1 aliphatic heterocycles. The van der Waals surface area contributed by atoms with Gasteiger partial charge in [0.2, 0.25) is 16.0 Å². The number of likely N-dealkylation sites (tertiary alicyclic amines) is 1. The van der Waals surface area contributed by atoms with E-state index in [9.17, 15) is 8.42 Å². The van der Waals surface area contributed by atoms with Crippen LogP contribution in [0.25, 0.3) is 0 Å². The Balaban J connectivity index is 1.86. The maximum Gasteiger partial charge on any atom is 0.243 e. The Morgan fingerprint density at radius 2 is 1.85 bits per heavy atom. The first-order valence-electron chi connectivity index (χ1n) is 6.62. The second-order valence-electron chi connectivity index (χ2n) is 4.69. The standard InChI is InChI=1S/C11H20N6O2S/c12-16-11-13-8-10(9-14-11)20(18,19)15-4-7-17-5-2-1-3-6-17/h8-9,15H,1-7,12H2,(H,13,14,16). The third-order valence-electron chi connectivity index (χ3n) is 3.24. The third-order valence-corrected chi connectivity index (χ3v) is 4.65. The van der Waals surface area contributed by atoms with E-state index < -0.39 is 10.0 Å². The summed E-state index contributed by atoms with van der Waals surface area (Å²) in [4.78, 5) is 9.87. The number of hydrogen-bond donors (Lipinski definition) is 3. The number of hydrogen-bond acceptors (Lipinski definition) is 7. The minimum absolute atomic E-state index is 0.0372. The predicted molar refractivity (Wildman–Crippen MR) is 75.3 cm³/mol. The Hall–Kier alpha value is -1.29. The van der Waals surface area contributed by atoms with Gasteiger partial charge in [0.05, 0.1) is 12.4 Å². The fraction of sp³-hybridized carbons (Fsp3) is 0.636. The highest BCUT2D eigenvalue weighted by Gasteiger charge is 2.16. The minimum atomic E-state index is -3.56. The molecule has 0 amide bonds. The van der Waals surface area contributed by atoms with Crippen molar-refractivity contribution in [2.45, 2.75) is 24.2 Å². The summed E-state index contributed by atoms with van der Waals surface area (Å²) in [6.07, 6.45) is 6.10. The van der Waals surface area contributed by atoms with Crippen LogP contribution in [-0.2, 0) is 10.0 Å². The number of hydrazine groups is 1. The average Bonchev–Trinajstić information content (AvgIpc) is 2.48. The van der Waals surface area contributed by atoms with Gasteiger partial charge in [-0.25, -0.2) is 29.0 Å². The summed E-state index contributed by atoms with van der Waals surface area (Å²) in [5, 5.41) is 0. The molecular weight excluding hydrogens is 280 g/mol. The molecule has 0 bridgehead atoms. The number of aromatic nitrogens is 2. The number of nitrogens with one attached hydrogen (secondary N) is 2. The van der Waals surface area contributed by atoms with Gasteiger partial charge >= 0.3 is 0 Å². The van der Waals surface area contributed by atoms with E-state index in [4.69, 9.17) is 5.84 Å². The first-order chi connectivity index (χ1) is 9.62. The molecule has 0 radical (unpaired) electrons. The zero-order valence-corrected chi connectivity index (χ0v) is 12.1. The fourth-order valence-electron chi connectivity index (χ4n) is 2.13. The van der Waals surface area contributed by atoms with Crippen molar-refractivity contribution in [1.82, 2.24) is 19.6 Å². The second kappa shape index (κ2) is 6.93. The van der Waals surface area contributed by atoms with Crippen molar-refractivity contribution in [3.8, 4) is 0 Å². The van der Waals surface area contributed by atoms with Crippen LogP contribution < -0.4 is 16.0 Å². The van der Waals surface area contributed by atoms with Gasteiger partial charge in [-0.05, 0) is 25.9 Å². The van der Waals surface area contributed by atoms with E-state index in [-0.39, 0.29) is 10.8 Å². The first-order valence-corrected chi connectivity index (χ1v) is 8.11. The van der Waals surface area contributed by atoms with Gasteiger partial charge in [0, 0.05) is 13.1 Å². The molecule has 1 aromatic rings. The number of piperidine rings is 1. The van der Waals surface area contributed by atoms with Crippen molar-refractivity contribution in [2.75, 3.05) is 31.6 Å². The summed E-state index contributed by atoms with van der Waals surface area (Å²) >= 11 is 0. The molecule has 8 nitrogen and oxygen atoms in total. The molecule has 1 fully saturated rings. The molecule has 112 valence electrons. The highest BCUT2D eigenvalue weighted by Crippen LogP contribution is 2.09. The van der Waals surface area contributed by atoms with Crippen LogP contribution in [0.2, 0.25) is 0 Å². The maximum atomic E-state index is 12.0. The van der Waals surface area contributed by atoms with Gasteiger partial charge in [-0.3, -0.25) is 5.43 Å². The molecule has 0 saturated carbocycles. The van der Waals surface area contributed by atoms with Crippen LogP contribution in [-0.4, -0.2) is 49.5 Å². The van der Waals surface area contributed by atoms with E-state index in [1.165, 1.54) is 31.7 Å². The Labute approximate surface area is 118 Å². The lowest BCUT2D eigenvalue weighted by atomic mass is 10.1. The van der Waals surface area contributed by atoms with Crippen LogP contribution in [0.3, 0.4) is 0 Å². The molecule has 20 heavy (non-hydrogen) atoms. The van der Waals surface area contributed by atoms with Gasteiger partial charge in [0.1, 0.15) is 4.90 Å². The number of anilines is 1. The molecule has 1 saturated heterocycles. The van der Waals surface area contributed by atoms with E-state index in [0.29, 0.717) is 6.54 Å². The molecule has 2 rings (SSSR count). The normalized spacial score (nSPS) is 17.1. The van der Waals surface area contributed by atoms with Crippen molar-refractivity contribution in [3.05, 3.63) is 12.4 Å². The van der Waals surface area contributed by atoms with Crippen LogP contribution in [0.5, 0.6) is 0 Å². The van der Waals surface area contributed by atoms with Crippen LogP contribution in [0, 0.1) is 0 Å². The molecule has 0 unspecified atom stereocenters. The number of nitrogens with two attached hydrogens (primary N) is 1. The summed E-state index contributed by atoms with van der Waals surface area (Å²) in [6.45, 7) is 3.20. The SMILES string of the molecule is NNc1ncc(S(=O)(=O)NCCN2CCCCC2)cn1. The maximum absolute atomic E-state index is 12.0. The van der Waals surface area contributed by atoms with E-state index >= 15 is 0 Å². The van der Waals surface area contributed by atoms with Crippen molar-refractivity contribution in [2.24, 2.45) is 5.84 Å². The topological polar surface area (TPSA) is 113 Å². The number of nitrogens with zero attached hydrogens (tertiary/aromatic N) is 3. The average molecular weight is 300 g/mol. The molecule has 0 atom stereocenters. The summed E-state index contributed by atoms with van der Waals surface area (Å²) in [5.74, 6) is 5.30. The number of rotatable bonds is 6. The van der Waals surface area contributed by atoms with Crippen molar-refractivity contribution in [3.63, 3.8) is 0 Å². The van der Waals surface area contributed by atoms with E-state index in [1.807, 2.05) is 0 Å². The quantitative estimate of drug-likeness (QED) is 0.480. The predicted octanol–water partition coefficient (Wildman–Crippen LogP) is -0.474. The molecule has 1 aromatic heterocycles. The third kappa shape index (κ3) is 4.10. The highest BCUT2D eigenvalue weighted by atomic mass is 32.2. The van der Waals surface area contributed by atoms with Gasteiger partial charge < -0.3 is 4.90 Å². The van der Waals surface area contributed by atoms with Gasteiger partial charge in [-0.2, -0.15) is 0 Å². The zero-order valence-electron chi connectivity index (χ0n) is 11.2. The molecule has 1 aliphatic rings. The van der Waals surface area contributed by atoms with Gasteiger partial charge in [-0.1, -0.05) is 6.42 Å². The van der Waals surface area contributed by atoms with Gasteiger partial charge in [-0.15, -0.1) is 0 Å². The highest BCUT2D eigenvalue weighted by molar-refractivity contribution is 7.89. The molecule has 0 spiro atoms. The van der Waals surface area contributed by atoms with Crippen LogP contribution in [0.4, 0.5) is 5.95 Å². The lowest BCUT2D eigenvalue weighted by Gasteiger charge is -2.26. The zero-order chi connectivity index (χ0) is 14.4. The Kier molecular flexibility index (Phi) is 5.24. The van der Waals surface area contributed by atoms with Gasteiger partial charge in [0.15, 0.2) is 0 Å². The lowest BCUT2D eigenvalue weighted by Crippen LogP contribution is -2.37. The summed E-state index contributed by atoms with van der Waals surface area (Å²) in [6, 6.07) is 0. The monoisotopic (exact) mass is 300 g/mol. The first kappa shape index (κ1) is 15.1. The fourth-order valence-corrected chi connectivity index (χ4v) is 3.04. The molecule has 9 heteroatoms. The minimum Gasteiger partial charge on any atom is -0.302 e. The molecule has 0 aromatic carbocycles. The largest absolute Gasteiger partial charge is 0.302 e. The number of nitrogen functional groups attached to an aromatic ring is 1. The van der Waals surface area contributed by atoms with Crippen molar-refractivity contribution < 1.29 is 8.42 Å². The van der Waals surface area contributed by atoms with E-state index in [0.717, 1.165) is 19.6 Å². The molecular formula is C11H20N6O2S.